The van der Waals surface area contributed by atoms with Crippen molar-refractivity contribution in [1.82, 2.24) is 0 Å². The fraction of sp³-hybridized carbons (Fsp3) is 0.375. The van der Waals surface area contributed by atoms with Gasteiger partial charge in [0, 0.05) is 5.69 Å². The molecule has 4 N–H and O–H groups in total. The van der Waals surface area contributed by atoms with Crippen LogP contribution in [-0.2, 0) is 10.0 Å². The second kappa shape index (κ2) is 16.7. The topological polar surface area (TPSA) is 114 Å². The van der Waals surface area contributed by atoms with Crippen LogP contribution < -0.4 is 25.4 Å². The third-order valence-corrected chi connectivity index (χ3v) is 9.99. The zero-order valence-corrected chi connectivity index (χ0v) is 30.7. The Bertz CT molecular complexity index is 1780. The van der Waals surface area contributed by atoms with Gasteiger partial charge < -0.3 is 15.8 Å². The maximum atomic E-state index is 14.3. The van der Waals surface area contributed by atoms with E-state index in [1.54, 1.807) is 30.3 Å². The average Bonchev–Trinajstić information content (AvgIpc) is 3.06. The number of anilines is 5. The fourth-order valence-electron chi connectivity index (χ4n) is 5.76. The van der Waals surface area contributed by atoms with Crippen molar-refractivity contribution in [2.45, 2.75) is 96.8 Å². The van der Waals surface area contributed by atoms with Crippen molar-refractivity contribution in [1.29, 1.82) is 0 Å². The molecular weight excluding hydrogens is 633 g/mol. The van der Waals surface area contributed by atoms with E-state index in [2.05, 4.69) is 30.8 Å². The summed E-state index contributed by atoms with van der Waals surface area (Å²) >= 11 is 0. The van der Waals surface area contributed by atoms with Gasteiger partial charge in [-0.15, -0.1) is 0 Å². The van der Waals surface area contributed by atoms with Crippen LogP contribution in [-0.4, -0.2) is 21.1 Å². The number of sulfonamides is 1. The van der Waals surface area contributed by atoms with Crippen molar-refractivity contribution < 1.29 is 17.9 Å². The molecule has 4 rings (SSSR count). The molecule has 0 saturated heterocycles. The summed E-state index contributed by atoms with van der Waals surface area (Å²) < 4.78 is 37.4. The Kier molecular flexibility index (Phi) is 12.8. The van der Waals surface area contributed by atoms with Crippen LogP contribution in [0.2, 0.25) is 0 Å². The lowest BCUT2D eigenvalue weighted by atomic mass is 9.89. The molecule has 0 saturated carbocycles. The third-order valence-electron chi connectivity index (χ3n) is 8.47. The number of nitrogens with two attached hydrogens (primary N) is 1. The molecule has 0 atom stereocenters. The highest BCUT2D eigenvalue weighted by Gasteiger charge is 2.28. The number of hydrogen-bond acceptors (Lipinski definition) is 5. The molecular formula is C40H52N4O4S. The number of ether oxygens (including phenoxy) is 1. The monoisotopic (exact) mass is 684 g/mol. The number of rotatable bonds is 16. The molecule has 49 heavy (non-hydrogen) atoms. The Morgan fingerprint density at radius 2 is 1.39 bits per heavy atom. The number of benzene rings is 4. The largest absolute Gasteiger partial charge is 0.494 e. The Labute approximate surface area is 293 Å². The Morgan fingerprint density at radius 3 is 1.94 bits per heavy atom. The first-order valence-corrected chi connectivity index (χ1v) is 18.8. The van der Waals surface area contributed by atoms with E-state index < -0.39 is 16.1 Å². The van der Waals surface area contributed by atoms with Gasteiger partial charge in [0.2, 0.25) is 0 Å². The van der Waals surface area contributed by atoms with E-state index >= 15 is 0 Å². The minimum Gasteiger partial charge on any atom is -0.494 e. The number of para-hydroxylation sites is 1. The van der Waals surface area contributed by atoms with Gasteiger partial charge >= 0.3 is 6.03 Å². The first kappa shape index (κ1) is 37.3. The van der Waals surface area contributed by atoms with Gasteiger partial charge in [0.05, 0.1) is 34.3 Å². The number of primary amides is 1. The van der Waals surface area contributed by atoms with Gasteiger partial charge in [-0.25, -0.2) is 13.2 Å². The maximum Gasteiger partial charge on any atom is 0.323 e. The summed E-state index contributed by atoms with van der Waals surface area (Å²) in [6, 6.07) is 25.0. The van der Waals surface area contributed by atoms with Crippen LogP contribution in [0.3, 0.4) is 0 Å². The summed E-state index contributed by atoms with van der Waals surface area (Å²) in [7, 11) is -4.04. The average molecular weight is 685 g/mol. The highest BCUT2D eigenvalue weighted by molar-refractivity contribution is 7.92. The van der Waals surface area contributed by atoms with Crippen LogP contribution in [0.5, 0.6) is 5.75 Å². The minimum atomic E-state index is -4.04. The quantitative estimate of drug-likeness (QED) is 0.102. The summed E-state index contributed by atoms with van der Waals surface area (Å²) in [6.07, 6.45) is 4.53. The Morgan fingerprint density at radius 1 is 0.776 bits per heavy atom. The summed E-state index contributed by atoms with van der Waals surface area (Å²) in [5.74, 6) is 0.981. The highest BCUT2D eigenvalue weighted by atomic mass is 32.2. The molecule has 2 amide bonds. The predicted octanol–water partition coefficient (Wildman–Crippen LogP) is 10.8. The normalized spacial score (nSPS) is 11.6. The minimum absolute atomic E-state index is 0.0220. The zero-order chi connectivity index (χ0) is 35.7. The summed E-state index contributed by atoms with van der Waals surface area (Å²) in [4.78, 5) is 14.7. The second-order valence-electron chi connectivity index (χ2n) is 13.4. The van der Waals surface area contributed by atoms with Crippen molar-refractivity contribution in [3.8, 4) is 5.75 Å². The maximum absolute atomic E-state index is 14.3. The standard InChI is InChI=1S/C40H52N4O4S/c1-8-9-10-14-23-48-34-20-17-31(18-21-34)42-37-22-19-32(26-38(37)44(40(41)45)33-15-12-11-13-16-33)43-49(46,47)39-35(28(4)5)24-30(27(2)3)25-36(39)29(6)7/h11-13,15-22,24-29,42-43H,8-10,14,23H2,1-7H3,(H2,41,45). The van der Waals surface area contributed by atoms with Crippen molar-refractivity contribution in [2.24, 2.45) is 5.73 Å². The zero-order valence-electron chi connectivity index (χ0n) is 29.9. The SMILES string of the molecule is CCCCCCOc1ccc(Nc2ccc(NS(=O)(=O)c3c(C(C)C)cc(C(C)C)cc3C(C)C)cc2N(C(N)=O)c2ccccc2)cc1. The number of nitrogens with one attached hydrogen (secondary N) is 2. The molecule has 4 aromatic carbocycles. The molecule has 0 heterocycles. The van der Waals surface area contributed by atoms with Gasteiger partial charge in [0.25, 0.3) is 10.0 Å². The Hall–Kier alpha value is -4.50. The van der Waals surface area contributed by atoms with Crippen LogP contribution in [0.4, 0.5) is 33.2 Å². The lowest BCUT2D eigenvalue weighted by Gasteiger charge is -2.26. The molecule has 0 unspecified atom stereocenters. The molecule has 0 fully saturated rings. The van der Waals surface area contributed by atoms with Gasteiger partial charge in [-0.1, -0.05) is 98.1 Å². The molecule has 262 valence electrons. The highest BCUT2D eigenvalue weighted by Crippen LogP contribution is 2.39. The van der Waals surface area contributed by atoms with Gasteiger partial charge in [-0.05, 0) is 95.5 Å². The summed E-state index contributed by atoms with van der Waals surface area (Å²) in [5.41, 5.74) is 11.2. The Balaban J connectivity index is 1.75. The van der Waals surface area contributed by atoms with Gasteiger partial charge in [0.1, 0.15) is 5.75 Å². The molecule has 0 bridgehead atoms. The number of amides is 2. The third kappa shape index (κ3) is 9.57. The van der Waals surface area contributed by atoms with Crippen LogP contribution in [0.15, 0.2) is 89.8 Å². The summed E-state index contributed by atoms with van der Waals surface area (Å²) in [5, 5.41) is 3.39. The number of unbranched alkanes of at least 4 members (excludes halogenated alkanes) is 3. The van der Waals surface area contributed by atoms with Crippen molar-refractivity contribution in [3.05, 3.63) is 102 Å². The lowest BCUT2D eigenvalue weighted by molar-refractivity contribution is 0.256. The molecule has 0 radical (unpaired) electrons. The van der Waals surface area contributed by atoms with E-state index in [-0.39, 0.29) is 17.8 Å². The van der Waals surface area contributed by atoms with Gasteiger partial charge in [-0.3, -0.25) is 9.62 Å². The number of nitrogens with zero attached hydrogens (tertiary/aromatic N) is 1. The number of carbonyl (C=O) groups excluding carboxylic acids is 1. The van der Waals surface area contributed by atoms with Crippen LogP contribution in [0.1, 0.15) is 109 Å². The van der Waals surface area contributed by atoms with E-state index in [9.17, 15) is 13.2 Å². The van der Waals surface area contributed by atoms with Gasteiger partial charge in [0.15, 0.2) is 0 Å². The van der Waals surface area contributed by atoms with E-state index in [0.29, 0.717) is 34.3 Å². The predicted molar refractivity (Wildman–Crippen MR) is 203 cm³/mol. The molecule has 4 aromatic rings. The lowest BCUT2D eigenvalue weighted by Crippen LogP contribution is -2.32. The molecule has 0 aliphatic carbocycles. The molecule has 0 aliphatic rings. The van der Waals surface area contributed by atoms with Crippen LogP contribution >= 0.6 is 0 Å². The van der Waals surface area contributed by atoms with E-state index in [0.717, 1.165) is 41.0 Å². The van der Waals surface area contributed by atoms with Crippen LogP contribution in [0.25, 0.3) is 0 Å². The summed E-state index contributed by atoms with van der Waals surface area (Å²) in [6.45, 7) is 15.1. The van der Waals surface area contributed by atoms with Gasteiger partial charge in [-0.2, -0.15) is 0 Å². The van der Waals surface area contributed by atoms with E-state index in [1.165, 1.54) is 17.7 Å². The number of hydrogen-bond donors (Lipinski definition) is 3. The van der Waals surface area contributed by atoms with E-state index in [1.807, 2.05) is 82.3 Å². The molecule has 0 aromatic heterocycles. The van der Waals surface area contributed by atoms with Crippen molar-refractivity contribution >= 4 is 44.5 Å². The fourth-order valence-corrected chi connectivity index (χ4v) is 7.51. The van der Waals surface area contributed by atoms with Crippen LogP contribution in [0, 0.1) is 0 Å². The molecule has 0 aliphatic heterocycles. The second-order valence-corrected chi connectivity index (χ2v) is 15.0. The first-order chi connectivity index (χ1) is 23.3. The number of carbonyl (C=O) groups is 1. The van der Waals surface area contributed by atoms with Crippen molar-refractivity contribution in [2.75, 3.05) is 21.5 Å². The smallest absolute Gasteiger partial charge is 0.323 e. The molecule has 9 heteroatoms. The molecule has 0 spiro atoms. The van der Waals surface area contributed by atoms with E-state index in [4.69, 9.17) is 10.5 Å². The first-order valence-electron chi connectivity index (χ1n) is 17.3. The molecule has 8 nitrogen and oxygen atoms in total. The number of urea groups is 1. The van der Waals surface area contributed by atoms with Crippen molar-refractivity contribution in [3.63, 3.8) is 0 Å².